The second kappa shape index (κ2) is 12.1. The van der Waals surface area contributed by atoms with Gasteiger partial charge in [0.15, 0.2) is 15.7 Å². The Kier molecular flexibility index (Phi) is 8.60. The molecule has 9 heteroatoms. The summed E-state index contributed by atoms with van der Waals surface area (Å²) in [4.78, 5) is 24.5. The highest BCUT2D eigenvalue weighted by molar-refractivity contribution is 7.90. The molecule has 3 aromatic carbocycles. The smallest absolute Gasteiger partial charge is 0.233 e. The van der Waals surface area contributed by atoms with Gasteiger partial charge in [0.1, 0.15) is 5.82 Å². The Morgan fingerprint density at radius 1 is 0.895 bits per heavy atom. The molecule has 0 aliphatic heterocycles. The molecule has 7 nitrogen and oxygen atoms in total. The molecule has 4 rings (SSSR count). The van der Waals surface area contributed by atoms with Gasteiger partial charge in [-0.1, -0.05) is 54.6 Å². The molecule has 0 aliphatic rings. The predicted molar refractivity (Wildman–Crippen MR) is 145 cm³/mol. The summed E-state index contributed by atoms with van der Waals surface area (Å²) >= 11 is 0. The number of hydrogen-bond donors (Lipinski definition) is 1. The highest BCUT2D eigenvalue weighted by Gasteiger charge is 2.23. The summed E-state index contributed by atoms with van der Waals surface area (Å²) in [5.74, 6) is -1.05. The van der Waals surface area contributed by atoms with E-state index < -0.39 is 15.8 Å². The van der Waals surface area contributed by atoms with E-state index in [0.29, 0.717) is 24.3 Å². The van der Waals surface area contributed by atoms with Gasteiger partial charge in [-0.15, -0.1) is 0 Å². The third-order valence-electron chi connectivity index (χ3n) is 6.06. The van der Waals surface area contributed by atoms with Gasteiger partial charge < -0.3 is 5.32 Å². The van der Waals surface area contributed by atoms with Crippen LogP contribution in [-0.4, -0.2) is 42.5 Å². The Morgan fingerprint density at radius 2 is 1.58 bits per heavy atom. The highest BCUT2D eigenvalue weighted by atomic mass is 32.2. The normalized spacial score (nSPS) is 12.3. The molecule has 1 N–H and O–H groups in total. The first kappa shape index (κ1) is 27.1. The maximum absolute atomic E-state index is 13.4. The second-order valence-corrected chi connectivity index (χ2v) is 11.3. The van der Waals surface area contributed by atoms with Crippen LogP contribution in [0.1, 0.15) is 28.3 Å². The molecule has 1 aromatic heterocycles. The number of rotatable bonds is 10. The second-order valence-electron chi connectivity index (χ2n) is 9.26. The van der Waals surface area contributed by atoms with Crippen LogP contribution in [0, 0.1) is 5.82 Å². The van der Waals surface area contributed by atoms with Crippen LogP contribution >= 0.6 is 0 Å². The van der Waals surface area contributed by atoms with Gasteiger partial charge in [-0.05, 0) is 54.4 Å². The van der Waals surface area contributed by atoms with Gasteiger partial charge in [0.05, 0.1) is 28.9 Å². The number of anilines is 1. The lowest BCUT2D eigenvalue weighted by atomic mass is 9.91. The van der Waals surface area contributed by atoms with Crippen molar-refractivity contribution in [3.63, 3.8) is 0 Å². The number of carbonyl (C=O) groups is 1. The Morgan fingerprint density at radius 3 is 2.18 bits per heavy atom. The van der Waals surface area contributed by atoms with Crippen molar-refractivity contribution >= 4 is 21.6 Å². The van der Waals surface area contributed by atoms with Gasteiger partial charge >= 0.3 is 0 Å². The standard InChI is InChI=1S/C29H29FN4O3S/c1-34(19-22-6-4-3-5-7-22)20-25-17-32-28(18-31-25)33-29(35)27(16-21-8-12-24(30)13-9-21)23-10-14-26(15-11-23)38(2,36)37/h3-15,17-18,27H,16,19-20H2,1-2H3,(H,32,33,35). The summed E-state index contributed by atoms with van der Waals surface area (Å²) < 4.78 is 37.1. The monoisotopic (exact) mass is 532 g/mol. The maximum atomic E-state index is 13.4. The summed E-state index contributed by atoms with van der Waals surface area (Å²) in [7, 11) is -1.37. The number of hydrogen-bond acceptors (Lipinski definition) is 6. The molecular formula is C29H29FN4O3S. The Bertz CT molecular complexity index is 1460. The number of nitrogens with one attached hydrogen (secondary N) is 1. The predicted octanol–water partition coefficient (Wildman–Crippen LogP) is 4.62. The van der Waals surface area contributed by atoms with Crippen molar-refractivity contribution in [1.29, 1.82) is 0 Å². The van der Waals surface area contributed by atoms with Crippen LogP contribution < -0.4 is 5.32 Å². The summed E-state index contributed by atoms with van der Waals surface area (Å²) in [5.41, 5.74) is 3.36. The van der Waals surface area contributed by atoms with Gasteiger partial charge in [0.2, 0.25) is 5.91 Å². The zero-order chi connectivity index (χ0) is 27.1. The summed E-state index contributed by atoms with van der Waals surface area (Å²) in [6, 6.07) is 22.3. The minimum Gasteiger partial charge on any atom is -0.309 e. The molecule has 0 fully saturated rings. The van der Waals surface area contributed by atoms with Gasteiger partial charge in [-0.2, -0.15) is 0 Å². The van der Waals surface area contributed by atoms with Crippen molar-refractivity contribution in [3.8, 4) is 0 Å². The molecular weight excluding hydrogens is 503 g/mol. The first-order valence-electron chi connectivity index (χ1n) is 12.1. The topological polar surface area (TPSA) is 92.3 Å². The molecule has 0 bridgehead atoms. The van der Waals surface area contributed by atoms with Gasteiger partial charge in [0, 0.05) is 19.3 Å². The summed E-state index contributed by atoms with van der Waals surface area (Å²) in [5, 5.41) is 2.82. The fourth-order valence-electron chi connectivity index (χ4n) is 4.11. The van der Waals surface area contributed by atoms with Crippen LogP contribution in [0.4, 0.5) is 10.2 Å². The van der Waals surface area contributed by atoms with Crippen molar-refractivity contribution in [1.82, 2.24) is 14.9 Å². The molecule has 38 heavy (non-hydrogen) atoms. The molecule has 0 spiro atoms. The molecule has 0 saturated heterocycles. The van der Waals surface area contributed by atoms with Crippen molar-refractivity contribution in [2.24, 2.45) is 0 Å². The van der Waals surface area contributed by atoms with E-state index in [1.165, 1.54) is 36.0 Å². The molecule has 0 radical (unpaired) electrons. The van der Waals surface area contributed by atoms with Crippen LogP contribution in [0.15, 0.2) is 96.2 Å². The molecule has 196 valence electrons. The number of carbonyl (C=O) groups excluding carboxylic acids is 1. The lowest BCUT2D eigenvalue weighted by Gasteiger charge is -2.18. The lowest BCUT2D eigenvalue weighted by Crippen LogP contribution is -2.24. The van der Waals surface area contributed by atoms with Crippen molar-refractivity contribution < 1.29 is 17.6 Å². The quantitative estimate of drug-likeness (QED) is 0.321. The molecule has 4 aromatic rings. The van der Waals surface area contributed by atoms with Crippen molar-refractivity contribution in [2.45, 2.75) is 30.3 Å². The minimum absolute atomic E-state index is 0.167. The number of sulfone groups is 1. The van der Waals surface area contributed by atoms with Gasteiger partial charge in [-0.25, -0.2) is 17.8 Å². The summed E-state index contributed by atoms with van der Waals surface area (Å²) in [6.45, 7) is 1.36. The van der Waals surface area contributed by atoms with Crippen molar-refractivity contribution in [2.75, 3.05) is 18.6 Å². The lowest BCUT2D eigenvalue weighted by molar-refractivity contribution is -0.117. The van der Waals surface area contributed by atoms with Crippen LogP contribution in [0.3, 0.4) is 0 Å². The van der Waals surface area contributed by atoms with E-state index in [0.717, 1.165) is 24.1 Å². The molecule has 0 aliphatic carbocycles. The number of aromatic nitrogens is 2. The Labute approximate surface area is 222 Å². The zero-order valence-corrected chi connectivity index (χ0v) is 22.0. The van der Waals surface area contributed by atoms with E-state index in [1.807, 2.05) is 25.2 Å². The molecule has 1 unspecified atom stereocenters. The third kappa shape index (κ3) is 7.53. The fourth-order valence-corrected chi connectivity index (χ4v) is 4.74. The molecule has 0 saturated carbocycles. The minimum atomic E-state index is -3.37. The van der Waals surface area contributed by atoms with Crippen LogP contribution in [0.25, 0.3) is 0 Å². The average Bonchev–Trinajstić information content (AvgIpc) is 2.89. The van der Waals surface area contributed by atoms with Crippen LogP contribution in [0.5, 0.6) is 0 Å². The van der Waals surface area contributed by atoms with Crippen LogP contribution in [0.2, 0.25) is 0 Å². The average molecular weight is 533 g/mol. The van der Waals surface area contributed by atoms with E-state index >= 15 is 0 Å². The molecule has 1 atom stereocenters. The van der Waals surface area contributed by atoms with E-state index in [-0.39, 0.29) is 16.6 Å². The molecule has 1 amide bonds. The highest BCUT2D eigenvalue weighted by Crippen LogP contribution is 2.25. The first-order valence-corrected chi connectivity index (χ1v) is 14.0. The number of nitrogens with zero attached hydrogens (tertiary/aromatic N) is 3. The zero-order valence-electron chi connectivity index (χ0n) is 21.2. The first-order chi connectivity index (χ1) is 18.2. The van der Waals surface area contributed by atoms with E-state index in [1.54, 1.807) is 30.5 Å². The SMILES string of the molecule is CN(Cc1ccccc1)Cc1cnc(NC(=O)C(Cc2ccc(F)cc2)c2ccc(S(C)(=O)=O)cc2)cn1. The van der Waals surface area contributed by atoms with E-state index in [4.69, 9.17) is 0 Å². The Balaban J connectivity index is 1.47. The maximum Gasteiger partial charge on any atom is 0.233 e. The van der Waals surface area contributed by atoms with Gasteiger partial charge in [-0.3, -0.25) is 14.7 Å². The van der Waals surface area contributed by atoms with E-state index in [2.05, 4.69) is 32.3 Å². The number of halogens is 1. The largest absolute Gasteiger partial charge is 0.309 e. The van der Waals surface area contributed by atoms with Gasteiger partial charge in [0.25, 0.3) is 0 Å². The van der Waals surface area contributed by atoms with Crippen LogP contribution in [-0.2, 0) is 34.1 Å². The van der Waals surface area contributed by atoms with Crippen molar-refractivity contribution in [3.05, 3.63) is 119 Å². The summed E-state index contributed by atoms with van der Waals surface area (Å²) in [6.07, 6.45) is 4.57. The third-order valence-corrected chi connectivity index (χ3v) is 7.19. The fraction of sp³-hybridized carbons (Fsp3) is 0.207. The Hall–Kier alpha value is -3.95. The number of benzene rings is 3. The van der Waals surface area contributed by atoms with E-state index in [9.17, 15) is 17.6 Å². The number of amides is 1. The molecule has 1 heterocycles.